The number of benzene rings is 1. The van der Waals surface area contributed by atoms with Gasteiger partial charge >= 0.3 is 0 Å². The normalized spacial score (nSPS) is 11.2. The molecule has 3 rings (SSSR count). The molecule has 7 heteroatoms. The Morgan fingerprint density at radius 1 is 1.35 bits per heavy atom. The van der Waals surface area contributed by atoms with Crippen LogP contribution in [0, 0.1) is 18.6 Å². The molecule has 0 atom stereocenters. The molecule has 2 heterocycles. The van der Waals surface area contributed by atoms with Gasteiger partial charge in [0.1, 0.15) is 12.4 Å². The number of rotatable bonds is 5. The lowest BCUT2D eigenvalue weighted by molar-refractivity contribution is 0.290. The first kappa shape index (κ1) is 15.6. The Hall–Kier alpha value is -2.25. The van der Waals surface area contributed by atoms with Crippen LogP contribution in [0.5, 0.6) is 5.75 Å². The van der Waals surface area contributed by atoms with Crippen molar-refractivity contribution in [3.05, 3.63) is 62.3 Å². The van der Waals surface area contributed by atoms with E-state index in [1.807, 2.05) is 43.5 Å². The molecule has 0 spiro atoms. The highest BCUT2D eigenvalue weighted by Crippen LogP contribution is 2.17. The van der Waals surface area contributed by atoms with E-state index in [-0.39, 0.29) is 6.61 Å². The second kappa shape index (κ2) is 6.89. The third-order valence-electron chi connectivity index (χ3n) is 3.12. The van der Waals surface area contributed by atoms with Gasteiger partial charge in [-0.05, 0) is 60.8 Å². The number of nitrogens with zero attached hydrogens (tertiary/aromatic N) is 3. The quantitative estimate of drug-likeness (QED) is 0.560. The SMILES string of the molecule is Cc1cc(C)cc(OCc2n[nH]c(=S)n2/N=C\c2cccs2)c1. The Morgan fingerprint density at radius 3 is 2.83 bits per heavy atom. The topological polar surface area (TPSA) is 55.2 Å². The lowest BCUT2D eigenvalue weighted by Gasteiger charge is -2.07. The highest BCUT2D eigenvalue weighted by molar-refractivity contribution is 7.71. The van der Waals surface area contributed by atoms with Crippen molar-refractivity contribution in [1.82, 2.24) is 14.9 Å². The first-order valence-corrected chi connectivity index (χ1v) is 8.36. The van der Waals surface area contributed by atoms with Crippen molar-refractivity contribution >= 4 is 29.8 Å². The largest absolute Gasteiger partial charge is 0.486 e. The average Bonchev–Trinajstić information content (AvgIpc) is 3.12. The number of H-pyrrole nitrogens is 1. The van der Waals surface area contributed by atoms with Gasteiger partial charge < -0.3 is 4.74 Å². The van der Waals surface area contributed by atoms with Crippen LogP contribution in [0.25, 0.3) is 0 Å². The molecule has 0 radical (unpaired) electrons. The fourth-order valence-corrected chi connectivity index (χ4v) is 2.96. The number of aromatic nitrogens is 3. The van der Waals surface area contributed by atoms with Crippen molar-refractivity contribution in [3.63, 3.8) is 0 Å². The molecule has 5 nitrogen and oxygen atoms in total. The molecule has 0 aliphatic rings. The van der Waals surface area contributed by atoms with Crippen molar-refractivity contribution in [3.8, 4) is 5.75 Å². The highest BCUT2D eigenvalue weighted by Gasteiger charge is 2.07. The van der Waals surface area contributed by atoms with Gasteiger partial charge in [0.15, 0.2) is 5.82 Å². The van der Waals surface area contributed by atoms with Gasteiger partial charge in [0.05, 0.1) is 6.21 Å². The maximum atomic E-state index is 5.82. The molecule has 0 saturated heterocycles. The number of ether oxygens (including phenoxy) is 1. The van der Waals surface area contributed by atoms with E-state index in [2.05, 4.69) is 21.4 Å². The number of aromatic amines is 1. The minimum atomic E-state index is 0.289. The van der Waals surface area contributed by atoms with E-state index in [0.717, 1.165) is 21.8 Å². The van der Waals surface area contributed by atoms with Gasteiger partial charge in [-0.1, -0.05) is 12.1 Å². The monoisotopic (exact) mass is 344 g/mol. The van der Waals surface area contributed by atoms with E-state index >= 15 is 0 Å². The summed E-state index contributed by atoms with van der Waals surface area (Å²) in [5.41, 5.74) is 2.32. The van der Waals surface area contributed by atoms with E-state index in [0.29, 0.717) is 10.6 Å². The molecule has 2 aromatic heterocycles. The van der Waals surface area contributed by atoms with Crippen molar-refractivity contribution in [2.24, 2.45) is 5.10 Å². The number of nitrogens with one attached hydrogen (secondary N) is 1. The van der Waals surface area contributed by atoms with Crippen LogP contribution in [0.3, 0.4) is 0 Å². The lowest BCUT2D eigenvalue weighted by atomic mass is 10.1. The zero-order valence-electron chi connectivity index (χ0n) is 12.8. The minimum absolute atomic E-state index is 0.289. The molecule has 3 aromatic rings. The van der Waals surface area contributed by atoms with Crippen LogP contribution >= 0.6 is 23.6 Å². The molecule has 0 unspecified atom stereocenters. The minimum Gasteiger partial charge on any atom is -0.486 e. The predicted molar refractivity (Wildman–Crippen MR) is 95.0 cm³/mol. The summed E-state index contributed by atoms with van der Waals surface area (Å²) in [6, 6.07) is 10.1. The number of thiophene rings is 1. The van der Waals surface area contributed by atoms with Crippen LogP contribution in [0.15, 0.2) is 40.8 Å². The molecule has 0 amide bonds. The third kappa shape index (κ3) is 3.94. The number of aryl methyl sites for hydroxylation is 2. The average molecular weight is 344 g/mol. The second-order valence-electron chi connectivity index (χ2n) is 5.13. The van der Waals surface area contributed by atoms with Gasteiger partial charge in [0.25, 0.3) is 0 Å². The molecular weight excluding hydrogens is 328 g/mol. The maximum absolute atomic E-state index is 5.82. The fourth-order valence-electron chi connectivity index (χ4n) is 2.18. The van der Waals surface area contributed by atoms with E-state index in [1.165, 1.54) is 0 Å². The summed E-state index contributed by atoms with van der Waals surface area (Å²) in [6.45, 7) is 4.38. The zero-order chi connectivity index (χ0) is 16.2. The van der Waals surface area contributed by atoms with E-state index in [4.69, 9.17) is 17.0 Å². The van der Waals surface area contributed by atoms with Gasteiger partial charge in [-0.25, -0.2) is 5.10 Å². The Morgan fingerprint density at radius 2 is 2.13 bits per heavy atom. The fraction of sp³-hybridized carbons (Fsp3) is 0.188. The van der Waals surface area contributed by atoms with Crippen molar-refractivity contribution < 1.29 is 4.74 Å². The Kier molecular flexibility index (Phi) is 4.68. The summed E-state index contributed by atoms with van der Waals surface area (Å²) in [5.74, 6) is 1.44. The predicted octanol–water partition coefficient (Wildman–Crippen LogP) is 4.08. The Balaban J connectivity index is 1.77. The molecule has 0 aliphatic carbocycles. The van der Waals surface area contributed by atoms with Gasteiger partial charge in [0, 0.05) is 4.88 Å². The Labute approximate surface area is 143 Å². The third-order valence-corrected chi connectivity index (χ3v) is 4.20. The van der Waals surface area contributed by atoms with Gasteiger partial charge in [-0.2, -0.15) is 14.9 Å². The van der Waals surface area contributed by atoms with E-state index < -0.39 is 0 Å². The van der Waals surface area contributed by atoms with Crippen LogP contribution in [-0.4, -0.2) is 21.1 Å². The molecular formula is C16H16N4OS2. The summed E-state index contributed by atoms with van der Waals surface area (Å²) in [5, 5.41) is 13.3. The van der Waals surface area contributed by atoms with Crippen molar-refractivity contribution in [1.29, 1.82) is 0 Å². The second-order valence-corrected chi connectivity index (χ2v) is 6.49. The van der Waals surface area contributed by atoms with Crippen LogP contribution in [0.4, 0.5) is 0 Å². The molecule has 1 aromatic carbocycles. The van der Waals surface area contributed by atoms with Gasteiger partial charge in [-0.15, -0.1) is 11.3 Å². The lowest BCUT2D eigenvalue weighted by Crippen LogP contribution is -2.04. The molecule has 1 N–H and O–H groups in total. The first-order chi connectivity index (χ1) is 11.1. The van der Waals surface area contributed by atoms with Gasteiger partial charge in [-0.3, -0.25) is 0 Å². The first-order valence-electron chi connectivity index (χ1n) is 7.07. The smallest absolute Gasteiger partial charge is 0.216 e. The zero-order valence-corrected chi connectivity index (χ0v) is 14.4. The van der Waals surface area contributed by atoms with Crippen LogP contribution in [-0.2, 0) is 6.61 Å². The highest BCUT2D eigenvalue weighted by atomic mass is 32.1. The number of hydrogen-bond acceptors (Lipinski definition) is 5. The summed E-state index contributed by atoms with van der Waals surface area (Å²) in [6.07, 6.45) is 1.76. The summed E-state index contributed by atoms with van der Waals surface area (Å²) in [7, 11) is 0. The van der Waals surface area contributed by atoms with Crippen molar-refractivity contribution in [2.75, 3.05) is 0 Å². The summed E-state index contributed by atoms with van der Waals surface area (Å²) >= 11 is 6.83. The Bertz CT molecular complexity index is 858. The van der Waals surface area contributed by atoms with Crippen LogP contribution in [0.2, 0.25) is 0 Å². The van der Waals surface area contributed by atoms with Crippen LogP contribution < -0.4 is 4.74 Å². The number of hydrogen-bond donors (Lipinski definition) is 1. The van der Waals surface area contributed by atoms with E-state index in [9.17, 15) is 0 Å². The molecule has 0 fully saturated rings. The van der Waals surface area contributed by atoms with E-state index in [1.54, 1.807) is 22.2 Å². The standard InChI is InChI=1S/C16H16N4OS2/c1-11-6-12(2)8-13(7-11)21-10-15-18-19-16(22)20(15)17-9-14-4-3-5-23-14/h3-9H,10H2,1-2H3,(H,19,22)/b17-9-. The summed E-state index contributed by atoms with van der Waals surface area (Å²) in [4.78, 5) is 1.05. The maximum Gasteiger partial charge on any atom is 0.216 e. The molecule has 118 valence electrons. The molecule has 0 saturated carbocycles. The summed E-state index contributed by atoms with van der Waals surface area (Å²) < 4.78 is 7.85. The molecule has 0 aliphatic heterocycles. The van der Waals surface area contributed by atoms with Crippen LogP contribution in [0.1, 0.15) is 21.8 Å². The van der Waals surface area contributed by atoms with Gasteiger partial charge in [0.2, 0.25) is 4.77 Å². The molecule has 23 heavy (non-hydrogen) atoms. The molecule has 0 bridgehead atoms. The van der Waals surface area contributed by atoms with Crippen molar-refractivity contribution in [2.45, 2.75) is 20.5 Å².